The fourth-order valence-electron chi connectivity index (χ4n) is 1.57. The van der Waals surface area contributed by atoms with Gasteiger partial charge in [0.15, 0.2) is 9.84 Å². The number of halogens is 3. The predicted molar refractivity (Wildman–Crippen MR) is 71.0 cm³/mol. The van der Waals surface area contributed by atoms with E-state index in [2.05, 4.69) is 9.72 Å². The maximum atomic E-state index is 12.0. The van der Waals surface area contributed by atoms with Crippen LogP contribution in [0.3, 0.4) is 0 Å². The highest BCUT2D eigenvalue weighted by Gasteiger charge is 2.31. The van der Waals surface area contributed by atoms with Gasteiger partial charge in [0, 0.05) is 11.8 Å². The molecule has 2 aromatic rings. The number of ether oxygens (including phenoxy) is 1. The van der Waals surface area contributed by atoms with Crippen LogP contribution in [0.2, 0.25) is 0 Å². The molecule has 4 nitrogen and oxygen atoms in total. The van der Waals surface area contributed by atoms with Crippen LogP contribution < -0.4 is 4.74 Å². The summed E-state index contributed by atoms with van der Waals surface area (Å²) < 4.78 is 63.8. The lowest BCUT2D eigenvalue weighted by Crippen LogP contribution is -2.17. The van der Waals surface area contributed by atoms with Crippen molar-refractivity contribution in [3.63, 3.8) is 0 Å². The summed E-state index contributed by atoms with van der Waals surface area (Å²) in [4.78, 5) is 3.93. The lowest BCUT2D eigenvalue weighted by molar-refractivity contribution is -0.274. The summed E-state index contributed by atoms with van der Waals surface area (Å²) in [6, 6.07) is 4.14. The van der Waals surface area contributed by atoms with Crippen molar-refractivity contribution in [2.75, 3.05) is 5.75 Å². The number of nitrogens with zero attached hydrogens (tertiary/aromatic N) is 1. The summed E-state index contributed by atoms with van der Waals surface area (Å²) in [5, 5.41) is 1.75. The molecule has 0 aliphatic rings. The summed E-state index contributed by atoms with van der Waals surface area (Å²) in [5.74, 6) is -0.614. The fourth-order valence-corrected chi connectivity index (χ4v) is 3.42. The topological polar surface area (TPSA) is 56.3 Å². The van der Waals surface area contributed by atoms with Crippen LogP contribution in [0.1, 0.15) is 5.69 Å². The molecule has 0 aliphatic heterocycles. The van der Waals surface area contributed by atoms with Crippen molar-refractivity contribution in [1.82, 2.24) is 4.98 Å². The molecular weight excluding hydrogens is 327 g/mol. The Bertz CT molecular complexity index is 680. The largest absolute Gasteiger partial charge is 0.573 e. The van der Waals surface area contributed by atoms with Gasteiger partial charge in [-0.3, -0.25) is 0 Å². The Balaban J connectivity index is 2.06. The van der Waals surface area contributed by atoms with Crippen LogP contribution in [-0.2, 0) is 16.3 Å². The monoisotopic (exact) mass is 337 g/mol. The van der Waals surface area contributed by atoms with E-state index in [9.17, 15) is 21.6 Å². The first-order chi connectivity index (χ1) is 9.76. The van der Waals surface area contributed by atoms with E-state index < -0.39 is 21.9 Å². The third-order valence-electron chi connectivity index (χ3n) is 2.53. The molecule has 0 bridgehead atoms. The molecule has 9 heteroatoms. The van der Waals surface area contributed by atoms with Crippen LogP contribution in [-0.4, -0.2) is 25.5 Å². The molecule has 0 saturated carbocycles. The molecule has 21 heavy (non-hydrogen) atoms. The van der Waals surface area contributed by atoms with Crippen molar-refractivity contribution in [3.8, 4) is 5.75 Å². The lowest BCUT2D eigenvalue weighted by Gasteiger charge is -2.09. The molecule has 0 unspecified atom stereocenters. The average molecular weight is 337 g/mol. The van der Waals surface area contributed by atoms with Gasteiger partial charge < -0.3 is 4.74 Å². The predicted octanol–water partition coefficient (Wildman–Crippen LogP) is 3.06. The quantitative estimate of drug-likeness (QED) is 0.841. The maximum absolute atomic E-state index is 12.0. The summed E-state index contributed by atoms with van der Waals surface area (Å²) in [5.41, 5.74) is 2.27. The minimum absolute atomic E-state index is 0.0488. The van der Waals surface area contributed by atoms with Gasteiger partial charge in [-0.2, -0.15) is 0 Å². The Morgan fingerprint density at radius 2 is 1.86 bits per heavy atom. The maximum Gasteiger partial charge on any atom is 0.573 e. The molecule has 114 valence electrons. The van der Waals surface area contributed by atoms with E-state index in [4.69, 9.17) is 0 Å². The Morgan fingerprint density at radius 1 is 1.19 bits per heavy atom. The van der Waals surface area contributed by atoms with Gasteiger partial charge in [-0.25, -0.2) is 13.4 Å². The molecular formula is C12H10F3NO3S2. The summed E-state index contributed by atoms with van der Waals surface area (Å²) in [7, 11) is -3.57. The number of benzene rings is 1. The van der Waals surface area contributed by atoms with E-state index in [-0.39, 0.29) is 17.1 Å². The minimum Gasteiger partial charge on any atom is -0.406 e. The van der Waals surface area contributed by atoms with E-state index >= 15 is 0 Å². The number of aromatic nitrogens is 1. The van der Waals surface area contributed by atoms with Gasteiger partial charge >= 0.3 is 6.36 Å². The van der Waals surface area contributed by atoms with Crippen LogP contribution in [0, 0.1) is 0 Å². The molecule has 1 heterocycles. The van der Waals surface area contributed by atoms with E-state index in [1.165, 1.54) is 11.3 Å². The van der Waals surface area contributed by atoms with E-state index in [0.29, 0.717) is 5.69 Å². The van der Waals surface area contributed by atoms with Crippen molar-refractivity contribution < 1.29 is 26.3 Å². The lowest BCUT2D eigenvalue weighted by atomic mass is 10.3. The second kappa shape index (κ2) is 6.02. The molecule has 0 fully saturated rings. The molecule has 0 amide bonds. The fraction of sp³-hybridized carbons (Fsp3) is 0.250. The summed E-state index contributed by atoms with van der Waals surface area (Å²) in [6.07, 6.45) is -4.54. The third-order valence-corrected chi connectivity index (χ3v) is 4.89. The highest BCUT2D eigenvalue weighted by atomic mass is 32.2. The molecule has 0 spiro atoms. The zero-order valence-electron chi connectivity index (χ0n) is 10.5. The van der Waals surface area contributed by atoms with Crippen LogP contribution in [0.15, 0.2) is 40.1 Å². The number of hydrogen-bond donors (Lipinski definition) is 0. The van der Waals surface area contributed by atoms with Crippen LogP contribution in [0.25, 0.3) is 0 Å². The standard InChI is InChI=1S/C12H10F3NO3S2/c13-12(14,15)19-10-1-3-11(4-2-10)21(17,18)6-5-9-7-20-8-16-9/h1-4,7-8H,5-6H2. The molecule has 0 radical (unpaired) electrons. The van der Waals surface area contributed by atoms with Crippen LogP contribution >= 0.6 is 11.3 Å². The summed E-state index contributed by atoms with van der Waals surface area (Å²) >= 11 is 1.36. The van der Waals surface area contributed by atoms with Crippen LogP contribution in [0.5, 0.6) is 5.75 Å². The van der Waals surface area contributed by atoms with Gasteiger partial charge in [0.05, 0.1) is 21.9 Å². The number of hydrogen-bond acceptors (Lipinski definition) is 5. The van der Waals surface area contributed by atoms with Crippen molar-refractivity contribution >= 4 is 21.2 Å². The highest BCUT2D eigenvalue weighted by Crippen LogP contribution is 2.24. The zero-order chi connectivity index (χ0) is 15.5. The molecule has 2 rings (SSSR count). The van der Waals surface area contributed by atoms with Gasteiger partial charge in [0.2, 0.25) is 0 Å². The Morgan fingerprint density at radius 3 is 2.38 bits per heavy atom. The second-order valence-electron chi connectivity index (χ2n) is 4.07. The average Bonchev–Trinajstić information content (AvgIpc) is 2.88. The molecule has 1 aromatic heterocycles. The van der Waals surface area contributed by atoms with Gasteiger partial charge in [-0.15, -0.1) is 24.5 Å². The Labute approximate surface area is 123 Å². The smallest absolute Gasteiger partial charge is 0.406 e. The van der Waals surface area contributed by atoms with Crippen molar-refractivity contribution in [2.45, 2.75) is 17.7 Å². The van der Waals surface area contributed by atoms with Crippen molar-refractivity contribution in [1.29, 1.82) is 0 Å². The van der Waals surface area contributed by atoms with Crippen molar-refractivity contribution in [2.24, 2.45) is 0 Å². The second-order valence-corrected chi connectivity index (χ2v) is 6.90. The van der Waals surface area contributed by atoms with E-state index in [1.807, 2.05) is 0 Å². The molecule has 0 aliphatic carbocycles. The number of rotatable bonds is 5. The molecule has 0 saturated heterocycles. The van der Waals surface area contributed by atoms with Gasteiger partial charge in [0.25, 0.3) is 0 Å². The van der Waals surface area contributed by atoms with Crippen LogP contribution in [0.4, 0.5) is 13.2 Å². The van der Waals surface area contributed by atoms with Gasteiger partial charge in [0.1, 0.15) is 5.75 Å². The normalized spacial score (nSPS) is 12.3. The third kappa shape index (κ3) is 4.71. The minimum atomic E-state index is -4.80. The van der Waals surface area contributed by atoms with Gasteiger partial charge in [-0.05, 0) is 24.3 Å². The SMILES string of the molecule is O=S(=O)(CCc1cscn1)c1ccc(OC(F)(F)F)cc1. The number of thiazole rings is 1. The summed E-state index contributed by atoms with van der Waals surface area (Å²) in [6.45, 7) is 0. The Hall–Kier alpha value is -1.61. The van der Waals surface area contributed by atoms with E-state index in [0.717, 1.165) is 24.3 Å². The number of sulfone groups is 1. The zero-order valence-corrected chi connectivity index (χ0v) is 12.1. The Kier molecular flexibility index (Phi) is 4.52. The molecule has 0 N–H and O–H groups in total. The van der Waals surface area contributed by atoms with E-state index in [1.54, 1.807) is 10.9 Å². The highest BCUT2D eigenvalue weighted by molar-refractivity contribution is 7.91. The van der Waals surface area contributed by atoms with Crippen molar-refractivity contribution in [3.05, 3.63) is 40.8 Å². The molecule has 0 atom stereocenters. The number of aryl methyl sites for hydroxylation is 1. The first-order valence-electron chi connectivity index (χ1n) is 5.72. The first kappa shape index (κ1) is 15.8. The first-order valence-corrected chi connectivity index (χ1v) is 8.31. The molecule has 1 aromatic carbocycles. The number of alkyl halides is 3. The van der Waals surface area contributed by atoms with Gasteiger partial charge in [-0.1, -0.05) is 0 Å².